The molecule has 0 saturated heterocycles. The first-order chi connectivity index (χ1) is 9.65. The van der Waals surface area contributed by atoms with Gasteiger partial charge < -0.3 is 14.6 Å². The van der Waals surface area contributed by atoms with E-state index in [1.54, 1.807) is 0 Å². The fourth-order valence-electron chi connectivity index (χ4n) is 2.17. The van der Waals surface area contributed by atoms with Crippen LogP contribution >= 0.6 is 0 Å². The van der Waals surface area contributed by atoms with Crippen molar-refractivity contribution in [3.63, 3.8) is 0 Å². The Morgan fingerprint density at radius 3 is 2.52 bits per heavy atom. The average Bonchev–Trinajstić information content (AvgIpc) is 2.42. The molecule has 106 valence electrons. The van der Waals surface area contributed by atoms with Crippen LogP contribution in [0.1, 0.15) is 31.2 Å². The molecule has 0 radical (unpaired) electrons. The van der Waals surface area contributed by atoms with Crippen molar-refractivity contribution < 1.29 is 44.2 Å². The minimum Gasteiger partial charge on any atom is -0.550 e. The Labute approximate surface area is 147 Å². The fraction of sp³-hybridized carbons (Fsp3) is 0.353. The summed E-state index contributed by atoms with van der Waals surface area (Å²) in [5, 5.41) is 12.6. The second-order valence-electron chi connectivity index (χ2n) is 5.04. The molecular weight excluding hydrogens is 275 g/mol. The van der Waals surface area contributed by atoms with Gasteiger partial charge in [0, 0.05) is 5.97 Å². The topological polar surface area (TPSA) is 49.4 Å². The molecule has 2 aromatic carbocycles. The normalized spacial score (nSPS) is 10.1. The maximum atomic E-state index is 10.3. The van der Waals surface area contributed by atoms with Crippen LogP contribution in [0.4, 0.5) is 0 Å². The summed E-state index contributed by atoms with van der Waals surface area (Å²) in [6.07, 6.45) is 2.50. The minimum atomic E-state index is -0.976. The molecule has 21 heavy (non-hydrogen) atoms. The molecule has 0 aromatic heterocycles. The Hall–Kier alpha value is -1.03. The van der Waals surface area contributed by atoms with Crippen LogP contribution in [-0.4, -0.2) is 12.6 Å². The summed E-state index contributed by atoms with van der Waals surface area (Å²) in [6.45, 7) is 2.70. The predicted molar refractivity (Wildman–Crippen MR) is 77.7 cm³/mol. The van der Waals surface area contributed by atoms with E-state index in [0.29, 0.717) is 13.0 Å². The zero-order valence-electron chi connectivity index (χ0n) is 12.7. The predicted octanol–water partition coefficient (Wildman–Crippen LogP) is -0.159. The van der Waals surface area contributed by atoms with E-state index in [2.05, 4.69) is 31.2 Å². The molecule has 2 aromatic rings. The van der Waals surface area contributed by atoms with Gasteiger partial charge in [-0.3, -0.25) is 0 Å². The zero-order chi connectivity index (χ0) is 14.4. The van der Waals surface area contributed by atoms with Crippen molar-refractivity contribution in [2.75, 3.05) is 6.61 Å². The number of carbonyl (C=O) groups is 1. The van der Waals surface area contributed by atoms with Crippen molar-refractivity contribution in [2.24, 2.45) is 0 Å². The molecule has 0 bridgehead atoms. The number of rotatable bonds is 7. The first-order valence-corrected chi connectivity index (χ1v) is 6.98. The largest absolute Gasteiger partial charge is 1.00 e. The van der Waals surface area contributed by atoms with E-state index in [-0.39, 0.29) is 36.0 Å². The maximum absolute atomic E-state index is 10.3. The molecule has 0 aliphatic heterocycles. The number of aryl methyl sites for hydroxylation is 1. The molecule has 0 aliphatic carbocycles. The second kappa shape index (κ2) is 9.08. The van der Waals surface area contributed by atoms with Crippen LogP contribution in [0.5, 0.6) is 5.75 Å². The van der Waals surface area contributed by atoms with E-state index >= 15 is 0 Å². The van der Waals surface area contributed by atoms with Crippen molar-refractivity contribution in [1.29, 1.82) is 0 Å². The molecule has 0 fully saturated rings. The number of hydrogen-bond acceptors (Lipinski definition) is 3. The van der Waals surface area contributed by atoms with Gasteiger partial charge in [0.2, 0.25) is 0 Å². The van der Waals surface area contributed by atoms with Gasteiger partial charge in [-0.1, -0.05) is 29.8 Å². The summed E-state index contributed by atoms with van der Waals surface area (Å²) in [5.74, 6) is -0.114. The fourth-order valence-corrected chi connectivity index (χ4v) is 2.17. The molecule has 4 heteroatoms. The first-order valence-electron chi connectivity index (χ1n) is 6.98. The standard InChI is InChI=1S/C17H20O3.Na/c1-13-6-7-15-12-16(9-8-14(15)11-13)20-10-4-2-3-5-17(18)19;/h6-9,11-12H,2-5,10H2,1H3,(H,18,19);/q;+1/p-1. The molecule has 0 N–H and O–H groups in total. The molecule has 0 amide bonds. The Morgan fingerprint density at radius 1 is 1.05 bits per heavy atom. The molecule has 0 atom stereocenters. The number of fused-ring (bicyclic) bond motifs is 1. The van der Waals surface area contributed by atoms with Gasteiger partial charge in [0.25, 0.3) is 0 Å². The molecule has 0 heterocycles. The Balaban J connectivity index is 0.00000220. The summed E-state index contributed by atoms with van der Waals surface area (Å²) >= 11 is 0. The van der Waals surface area contributed by atoms with Crippen LogP contribution in [0, 0.1) is 6.92 Å². The summed E-state index contributed by atoms with van der Waals surface area (Å²) in [5.41, 5.74) is 1.25. The van der Waals surface area contributed by atoms with Crippen molar-refractivity contribution in [1.82, 2.24) is 0 Å². The van der Waals surface area contributed by atoms with Crippen molar-refractivity contribution in [2.45, 2.75) is 32.6 Å². The number of aliphatic carboxylic acids is 1. The van der Waals surface area contributed by atoms with Crippen molar-refractivity contribution >= 4 is 16.7 Å². The van der Waals surface area contributed by atoms with E-state index in [1.807, 2.05) is 12.1 Å². The quantitative estimate of drug-likeness (QED) is 0.527. The third-order valence-corrected chi connectivity index (χ3v) is 3.26. The second-order valence-corrected chi connectivity index (χ2v) is 5.04. The van der Waals surface area contributed by atoms with Crippen LogP contribution in [0.25, 0.3) is 10.8 Å². The van der Waals surface area contributed by atoms with Gasteiger partial charge >= 0.3 is 29.6 Å². The van der Waals surface area contributed by atoms with Crippen LogP contribution < -0.4 is 39.4 Å². The monoisotopic (exact) mass is 294 g/mol. The van der Waals surface area contributed by atoms with Crippen molar-refractivity contribution in [3.8, 4) is 5.75 Å². The Kier molecular flexibility index (Phi) is 7.79. The van der Waals surface area contributed by atoms with Gasteiger partial charge in [-0.2, -0.15) is 0 Å². The Bertz CT molecular complexity index is 596. The van der Waals surface area contributed by atoms with Crippen molar-refractivity contribution in [3.05, 3.63) is 42.0 Å². The van der Waals surface area contributed by atoms with E-state index in [0.717, 1.165) is 18.6 Å². The zero-order valence-corrected chi connectivity index (χ0v) is 14.7. The molecule has 0 spiro atoms. The first kappa shape index (κ1) is 18.0. The number of carboxylic acids is 1. The smallest absolute Gasteiger partial charge is 0.550 e. The SMILES string of the molecule is Cc1ccc2cc(OCCCCCC(=O)[O-])ccc2c1.[Na+]. The van der Waals surface area contributed by atoms with E-state index < -0.39 is 5.97 Å². The molecular formula is C17H19NaO3. The van der Waals surface area contributed by atoms with Gasteiger partial charge in [-0.05, 0) is 55.5 Å². The number of unbranched alkanes of at least 4 members (excludes halogenated alkanes) is 2. The number of ether oxygens (including phenoxy) is 1. The molecule has 0 unspecified atom stereocenters. The van der Waals surface area contributed by atoms with Gasteiger partial charge in [-0.25, -0.2) is 0 Å². The van der Waals surface area contributed by atoms with Gasteiger partial charge in [0.1, 0.15) is 5.75 Å². The third kappa shape index (κ3) is 6.08. The minimum absolute atomic E-state index is 0. The van der Waals surface area contributed by atoms with Crippen LogP contribution in [0.3, 0.4) is 0 Å². The third-order valence-electron chi connectivity index (χ3n) is 3.26. The number of carbonyl (C=O) groups excluding carboxylic acids is 1. The molecule has 0 saturated carbocycles. The van der Waals surface area contributed by atoms with Crippen LogP contribution in [0.2, 0.25) is 0 Å². The Morgan fingerprint density at radius 2 is 1.76 bits per heavy atom. The van der Waals surface area contributed by atoms with Crippen LogP contribution in [0.15, 0.2) is 36.4 Å². The number of hydrogen-bond donors (Lipinski definition) is 0. The summed E-state index contributed by atoms with van der Waals surface area (Å²) in [4.78, 5) is 10.3. The van der Waals surface area contributed by atoms with E-state index in [4.69, 9.17) is 4.74 Å². The van der Waals surface area contributed by atoms with E-state index in [1.165, 1.54) is 16.3 Å². The van der Waals surface area contributed by atoms with Gasteiger partial charge in [0.15, 0.2) is 0 Å². The van der Waals surface area contributed by atoms with Crippen LogP contribution in [-0.2, 0) is 4.79 Å². The number of benzene rings is 2. The molecule has 0 aliphatic rings. The molecule has 2 rings (SSSR count). The van der Waals surface area contributed by atoms with Gasteiger partial charge in [0.05, 0.1) is 6.61 Å². The maximum Gasteiger partial charge on any atom is 1.00 e. The summed E-state index contributed by atoms with van der Waals surface area (Å²) < 4.78 is 5.69. The molecule has 3 nitrogen and oxygen atoms in total. The number of carboxylic acid groups (broad SMARTS) is 1. The average molecular weight is 294 g/mol. The van der Waals surface area contributed by atoms with Gasteiger partial charge in [-0.15, -0.1) is 0 Å². The van der Waals surface area contributed by atoms with E-state index in [9.17, 15) is 9.90 Å². The summed E-state index contributed by atoms with van der Waals surface area (Å²) in [6, 6.07) is 12.4. The summed E-state index contributed by atoms with van der Waals surface area (Å²) in [7, 11) is 0.